The molecular formula is C41H21BN2OS2. The van der Waals surface area contributed by atoms with Crippen LogP contribution in [-0.4, -0.2) is 15.9 Å². The second-order valence-electron chi connectivity index (χ2n) is 13.1. The van der Waals surface area contributed by atoms with Crippen LogP contribution in [0.1, 0.15) is 5.56 Å². The van der Waals surface area contributed by atoms with E-state index < -0.39 is 0 Å². The standard InChI is InChI=1S/C41H21BN2OS2/c1-2-10-22-21(9-1)20-45-30-19-28-23-13-7-15-27-36(23)44(38-25-12-4-6-18-32(25)46-40(27)38)42-29-16-8-14-26-33-24-11-3-5-17-31(24)47-41(33)43(37(26)29)39(34(22)30)35(28)42/h1-19H,20H2. The quantitative estimate of drug-likeness (QED) is 0.152. The van der Waals surface area contributed by atoms with Crippen molar-refractivity contribution in [1.29, 1.82) is 0 Å². The van der Waals surface area contributed by atoms with E-state index in [9.17, 15) is 0 Å². The lowest BCUT2D eigenvalue weighted by Gasteiger charge is -2.37. The molecule has 0 fully saturated rings. The molecule has 0 saturated heterocycles. The van der Waals surface area contributed by atoms with Gasteiger partial charge in [-0.2, -0.15) is 0 Å². The Morgan fingerprint density at radius 3 is 2.30 bits per heavy atom. The number of ether oxygens (including phenoxy) is 1. The molecule has 47 heavy (non-hydrogen) atoms. The summed E-state index contributed by atoms with van der Waals surface area (Å²) in [5.41, 5.74) is 14.4. The summed E-state index contributed by atoms with van der Waals surface area (Å²) in [5.74, 6) is 0.982. The van der Waals surface area contributed by atoms with E-state index in [0.29, 0.717) is 6.61 Å². The maximum Gasteiger partial charge on any atom is 0.333 e. The monoisotopic (exact) mass is 632 g/mol. The van der Waals surface area contributed by atoms with Gasteiger partial charge in [0.05, 0.1) is 21.4 Å². The summed E-state index contributed by atoms with van der Waals surface area (Å²) < 4.78 is 16.1. The van der Waals surface area contributed by atoms with Gasteiger partial charge in [0, 0.05) is 53.0 Å². The average Bonchev–Trinajstić information content (AvgIpc) is 3.86. The average molecular weight is 633 g/mol. The molecule has 0 bridgehead atoms. The maximum atomic E-state index is 6.72. The van der Waals surface area contributed by atoms with Crippen LogP contribution in [0.2, 0.25) is 0 Å². The Kier molecular flexibility index (Phi) is 4.06. The first-order valence-corrected chi connectivity index (χ1v) is 17.8. The number of nitrogens with zero attached hydrogens (tertiary/aromatic N) is 2. The van der Waals surface area contributed by atoms with Crippen molar-refractivity contribution < 1.29 is 4.74 Å². The van der Waals surface area contributed by atoms with Crippen molar-refractivity contribution in [1.82, 2.24) is 9.05 Å². The molecule has 13 rings (SSSR count). The lowest BCUT2D eigenvalue weighted by molar-refractivity contribution is 0.302. The zero-order chi connectivity index (χ0) is 30.1. The summed E-state index contributed by atoms with van der Waals surface area (Å²) in [5, 5.41) is 6.71. The van der Waals surface area contributed by atoms with Crippen LogP contribution in [0, 0.1) is 0 Å². The molecule has 216 valence electrons. The summed E-state index contributed by atoms with van der Waals surface area (Å²) in [6.45, 7) is 0.613. The van der Waals surface area contributed by atoms with Crippen LogP contribution in [-0.2, 0) is 6.61 Å². The summed E-state index contributed by atoms with van der Waals surface area (Å²) in [6, 6.07) is 43.0. The van der Waals surface area contributed by atoms with E-state index in [1.54, 1.807) is 0 Å². The highest BCUT2D eigenvalue weighted by atomic mass is 32.1. The third kappa shape index (κ3) is 2.62. The minimum atomic E-state index is 0.0266. The van der Waals surface area contributed by atoms with Gasteiger partial charge < -0.3 is 13.8 Å². The molecule has 3 nitrogen and oxygen atoms in total. The second kappa shape index (κ2) is 7.97. The van der Waals surface area contributed by atoms with Gasteiger partial charge in [-0.05, 0) is 45.8 Å². The normalized spacial score (nSPS) is 14.0. The van der Waals surface area contributed by atoms with Gasteiger partial charge in [-0.15, -0.1) is 22.7 Å². The molecule has 3 aliphatic heterocycles. The number of hydrogen-bond donors (Lipinski definition) is 0. The molecule has 3 aliphatic rings. The van der Waals surface area contributed by atoms with Crippen molar-refractivity contribution >= 4 is 103 Å². The second-order valence-corrected chi connectivity index (χ2v) is 15.2. The fraction of sp³-hybridized carbons (Fsp3) is 0.0244. The van der Waals surface area contributed by atoms with Gasteiger partial charge >= 0.3 is 6.85 Å². The van der Waals surface area contributed by atoms with Gasteiger partial charge in [-0.25, -0.2) is 0 Å². The number of benzene rings is 6. The Hall–Kier alpha value is -5.30. The van der Waals surface area contributed by atoms with Crippen LogP contribution in [0.4, 0.5) is 0 Å². The molecule has 6 heteroatoms. The zero-order valence-corrected chi connectivity index (χ0v) is 26.5. The number of hydrogen-bond acceptors (Lipinski definition) is 3. The minimum Gasteiger partial charge on any atom is -0.488 e. The molecule has 0 saturated carbocycles. The Balaban J connectivity index is 1.33. The number of para-hydroxylation sites is 2. The summed E-state index contributed by atoms with van der Waals surface area (Å²) in [4.78, 5) is 1.31. The van der Waals surface area contributed by atoms with Gasteiger partial charge in [0.25, 0.3) is 0 Å². The molecule has 0 amide bonds. The summed E-state index contributed by atoms with van der Waals surface area (Å²) >= 11 is 3.84. The molecule has 4 aromatic heterocycles. The molecule has 0 unspecified atom stereocenters. The van der Waals surface area contributed by atoms with Crippen LogP contribution in [0.25, 0.3) is 90.4 Å². The first-order chi connectivity index (χ1) is 23.3. The van der Waals surface area contributed by atoms with Crippen LogP contribution in [0.3, 0.4) is 0 Å². The fourth-order valence-electron chi connectivity index (χ4n) is 9.26. The van der Waals surface area contributed by atoms with E-state index >= 15 is 0 Å². The fourth-order valence-corrected chi connectivity index (χ4v) is 11.7. The molecule has 0 spiro atoms. The van der Waals surface area contributed by atoms with Crippen molar-refractivity contribution in [3.8, 4) is 33.7 Å². The number of fused-ring (bicyclic) bond motifs is 18. The Labute approximate surface area is 276 Å². The highest BCUT2D eigenvalue weighted by Gasteiger charge is 2.44. The highest BCUT2D eigenvalue weighted by molar-refractivity contribution is 7.27. The molecule has 0 aliphatic carbocycles. The molecule has 0 N–H and O–H groups in total. The van der Waals surface area contributed by atoms with E-state index in [1.807, 2.05) is 22.7 Å². The highest BCUT2D eigenvalue weighted by Crippen LogP contribution is 2.52. The van der Waals surface area contributed by atoms with E-state index in [-0.39, 0.29) is 6.85 Å². The van der Waals surface area contributed by atoms with Crippen LogP contribution in [0.5, 0.6) is 5.75 Å². The molecule has 0 radical (unpaired) electrons. The molecule has 7 heterocycles. The Morgan fingerprint density at radius 2 is 1.36 bits per heavy atom. The largest absolute Gasteiger partial charge is 0.488 e. The van der Waals surface area contributed by atoms with Gasteiger partial charge in [-0.1, -0.05) is 97.1 Å². The van der Waals surface area contributed by atoms with Gasteiger partial charge in [0.2, 0.25) is 0 Å². The third-order valence-electron chi connectivity index (χ3n) is 11.0. The topological polar surface area (TPSA) is 19.1 Å². The van der Waals surface area contributed by atoms with Gasteiger partial charge in [0.15, 0.2) is 0 Å². The zero-order valence-electron chi connectivity index (χ0n) is 24.9. The smallest absolute Gasteiger partial charge is 0.333 e. The van der Waals surface area contributed by atoms with Crippen LogP contribution in [0.15, 0.2) is 115 Å². The number of thiophene rings is 2. The van der Waals surface area contributed by atoms with Crippen molar-refractivity contribution in [3.05, 3.63) is 121 Å². The molecule has 0 atom stereocenters. The number of rotatable bonds is 0. The van der Waals surface area contributed by atoms with Gasteiger partial charge in [-0.3, -0.25) is 0 Å². The van der Waals surface area contributed by atoms with Crippen molar-refractivity contribution in [3.63, 3.8) is 0 Å². The third-order valence-corrected chi connectivity index (χ3v) is 13.3. The maximum absolute atomic E-state index is 6.72. The van der Waals surface area contributed by atoms with Crippen molar-refractivity contribution in [2.24, 2.45) is 0 Å². The lowest BCUT2D eigenvalue weighted by atomic mass is 9.45. The lowest BCUT2D eigenvalue weighted by Crippen LogP contribution is -2.55. The first kappa shape index (κ1) is 24.0. The van der Waals surface area contributed by atoms with E-state index in [1.165, 1.54) is 107 Å². The number of aromatic nitrogens is 2. The van der Waals surface area contributed by atoms with E-state index in [4.69, 9.17) is 4.74 Å². The van der Waals surface area contributed by atoms with Gasteiger partial charge in [0.1, 0.15) is 17.2 Å². The predicted molar refractivity (Wildman–Crippen MR) is 200 cm³/mol. The SMILES string of the molecule is c1ccc2c(c1)COc1cc3c4c(c1-2)-n1c2sc5ccccc5c2c2cccc(c21)B4n1c2c-3cccc2c2sc3ccccc3c21. The van der Waals surface area contributed by atoms with Crippen LogP contribution >= 0.6 is 22.7 Å². The Bertz CT molecular complexity index is 3100. The molecule has 10 aromatic rings. The van der Waals surface area contributed by atoms with E-state index in [0.717, 1.165) is 5.75 Å². The molecular weight excluding hydrogens is 611 g/mol. The summed E-state index contributed by atoms with van der Waals surface area (Å²) in [6.07, 6.45) is 0. The first-order valence-electron chi connectivity index (χ1n) is 16.2. The van der Waals surface area contributed by atoms with Crippen LogP contribution < -0.4 is 15.7 Å². The minimum absolute atomic E-state index is 0.0266. The van der Waals surface area contributed by atoms with Crippen molar-refractivity contribution in [2.75, 3.05) is 0 Å². The Morgan fingerprint density at radius 1 is 0.617 bits per heavy atom. The summed E-state index contributed by atoms with van der Waals surface area (Å²) in [7, 11) is 0. The van der Waals surface area contributed by atoms with Crippen molar-refractivity contribution in [2.45, 2.75) is 6.61 Å². The molecule has 6 aromatic carbocycles. The van der Waals surface area contributed by atoms with E-state index in [2.05, 4.69) is 124 Å². The predicted octanol–water partition coefficient (Wildman–Crippen LogP) is 9.83.